The molecule has 0 atom stereocenters. The van der Waals surface area contributed by atoms with Gasteiger partial charge in [-0.2, -0.15) is 0 Å². The fraction of sp³-hybridized carbons (Fsp3) is 0.263. The highest BCUT2D eigenvalue weighted by Gasteiger charge is 2.15. The van der Waals surface area contributed by atoms with Gasteiger partial charge in [-0.3, -0.25) is 9.59 Å². The first-order valence-corrected chi connectivity index (χ1v) is 7.96. The maximum atomic E-state index is 13.7. The smallest absolute Gasteiger partial charge is 0.260 e. The number of nitrogens with one attached hydrogen (secondary N) is 1. The number of hydrogen-bond acceptors (Lipinski definition) is 4. The summed E-state index contributed by atoms with van der Waals surface area (Å²) in [6.45, 7) is -0.0106. The van der Waals surface area contributed by atoms with Gasteiger partial charge >= 0.3 is 0 Å². The molecule has 26 heavy (non-hydrogen) atoms. The van der Waals surface area contributed by atoms with Crippen molar-refractivity contribution in [2.45, 2.75) is 6.54 Å². The van der Waals surface area contributed by atoms with Crippen LogP contribution in [-0.2, 0) is 11.3 Å². The minimum Gasteiger partial charge on any atom is -0.494 e. The topological polar surface area (TPSA) is 67.9 Å². The minimum absolute atomic E-state index is 0.150. The zero-order valence-electron chi connectivity index (χ0n) is 14.9. The van der Waals surface area contributed by atoms with Gasteiger partial charge in [0.1, 0.15) is 5.75 Å². The van der Waals surface area contributed by atoms with Gasteiger partial charge in [0.15, 0.2) is 18.2 Å². The number of para-hydroxylation sites is 1. The molecule has 6 nitrogen and oxygen atoms in total. The van der Waals surface area contributed by atoms with Crippen LogP contribution in [0.3, 0.4) is 0 Å². The Bertz CT molecular complexity index is 795. The second-order valence-corrected chi connectivity index (χ2v) is 5.58. The quantitative estimate of drug-likeness (QED) is 0.822. The van der Waals surface area contributed by atoms with E-state index in [-0.39, 0.29) is 30.7 Å². The summed E-state index contributed by atoms with van der Waals surface area (Å²) in [5, 5.41) is 2.52. The second-order valence-electron chi connectivity index (χ2n) is 5.58. The average Bonchev–Trinajstić information content (AvgIpc) is 2.65. The number of carbonyl (C=O) groups excluding carboxylic acids is 2. The fourth-order valence-electron chi connectivity index (χ4n) is 2.33. The third-order valence-electron chi connectivity index (χ3n) is 3.77. The van der Waals surface area contributed by atoms with Crippen molar-refractivity contribution in [3.8, 4) is 11.5 Å². The van der Waals surface area contributed by atoms with Crippen LogP contribution in [0.25, 0.3) is 0 Å². The molecule has 2 aromatic rings. The van der Waals surface area contributed by atoms with Crippen molar-refractivity contribution >= 4 is 11.8 Å². The lowest BCUT2D eigenvalue weighted by Crippen LogP contribution is -2.31. The van der Waals surface area contributed by atoms with Crippen molar-refractivity contribution < 1.29 is 23.5 Å². The van der Waals surface area contributed by atoms with Crippen molar-refractivity contribution in [2.24, 2.45) is 0 Å². The summed E-state index contributed by atoms with van der Waals surface area (Å²) < 4.78 is 24.1. The molecule has 138 valence electrons. The molecular weight excluding hydrogens is 339 g/mol. The highest BCUT2D eigenvalue weighted by Crippen LogP contribution is 2.19. The van der Waals surface area contributed by atoms with Crippen LogP contribution in [0.4, 0.5) is 4.39 Å². The lowest BCUT2D eigenvalue weighted by molar-refractivity contribution is -0.132. The number of benzene rings is 2. The number of methoxy groups -OCH3 is 1. The zero-order chi connectivity index (χ0) is 19.1. The Morgan fingerprint density at radius 2 is 1.88 bits per heavy atom. The number of halogens is 1. The van der Waals surface area contributed by atoms with Crippen LogP contribution >= 0.6 is 0 Å². The molecule has 0 bridgehead atoms. The van der Waals surface area contributed by atoms with E-state index < -0.39 is 5.82 Å². The molecule has 0 fully saturated rings. The molecule has 1 N–H and O–H groups in total. The Balaban J connectivity index is 1.98. The maximum absolute atomic E-state index is 13.7. The highest BCUT2D eigenvalue weighted by molar-refractivity contribution is 5.96. The van der Waals surface area contributed by atoms with E-state index in [9.17, 15) is 14.0 Å². The molecule has 0 saturated carbocycles. The molecule has 0 aliphatic carbocycles. The normalized spacial score (nSPS) is 10.2. The Morgan fingerprint density at radius 3 is 2.54 bits per heavy atom. The molecular formula is C19H21FN2O4. The van der Waals surface area contributed by atoms with Gasteiger partial charge in [-0.15, -0.1) is 0 Å². The highest BCUT2D eigenvalue weighted by atomic mass is 19.1. The molecule has 2 aromatic carbocycles. The van der Waals surface area contributed by atoms with E-state index in [4.69, 9.17) is 9.47 Å². The summed E-state index contributed by atoms with van der Waals surface area (Å²) in [4.78, 5) is 25.5. The van der Waals surface area contributed by atoms with Gasteiger partial charge in [-0.05, 0) is 29.8 Å². The number of nitrogens with zero attached hydrogens (tertiary/aromatic N) is 1. The number of ether oxygens (including phenoxy) is 2. The molecule has 2 amide bonds. The molecule has 0 aliphatic heterocycles. The molecule has 0 saturated heterocycles. The van der Waals surface area contributed by atoms with Gasteiger partial charge in [0.2, 0.25) is 0 Å². The van der Waals surface area contributed by atoms with Gasteiger partial charge in [0.25, 0.3) is 11.8 Å². The van der Waals surface area contributed by atoms with E-state index in [1.165, 1.54) is 31.2 Å². The molecule has 0 heterocycles. The van der Waals surface area contributed by atoms with Crippen LogP contribution < -0.4 is 14.8 Å². The molecule has 0 radical (unpaired) electrons. The van der Waals surface area contributed by atoms with E-state index in [1.54, 1.807) is 37.4 Å². The first-order valence-electron chi connectivity index (χ1n) is 7.96. The largest absolute Gasteiger partial charge is 0.494 e. The SMILES string of the molecule is CNC(=O)c1ccccc1OCC(=O)N(C)Cc1ccc(OC)c(F)c1. The predicted octanol–water partition coefficient (Wildman–Crippen LogP) is 2.23. The van der Waals surface area contributed by atoms with Gasteiger partial charge in [-0.1, -0.05) is 18.2 Å². The molecule has 7 heteroatoms. The second kappa shape index (κ2) is 8.84. The fourth-order valence-corrected chi connectivity index (χ4v) is 2.33. The van der Waals surface area contributed by atoms with Crippen LogP contribution in [0.15, 0.2) is 42.5 Å². The van der Waals surface area contributed by atoms with E-state index in [1.807, 2.05) is 0 Å². The summed E-state index contributed by atoms with van der Waals surface area (Å²) in [5.74, 6) is -0.606. The third kappa shape index (κ3) is 4.72. The van der Waals surface area contributed by atoms with E-state index in [0.717, 1.165) is 0 Å². The van der Waals surface area contributed by atoms with Crippen molar-refractivity contribution in [1.29, 1.82) is 0 Å². The monoisotopic (exact) mass is 360 g/mol. The van der Waals surface area contributed by atoms with Crippen molar-refractivity contribution in [3.63, 3.8) is 0 Å². The Hall–Kier alpha value is -3.09. The van der Waals surface area contributed by atoms with Crippen molar-refractivity contribution in [3.05, 3.63) is 59.4 Å². The summed E-state index contributed by atoms with van der Waals surface area (Å²) in [6, 6.07) is 11.2. The molecule has 0 aromatic heterocycles. The van der Waals surface area contributed by atoms with Crippen LogP contribution in [0.1, 0.15) is 15.9 Å². The zero-order valence-corrected chi connectivity index (χ0v) is 14.9. The van der Waals surface area contributed by atoms with Crippen molar-refractivity contribution in [1.82, 2.24) is 10.2 Å². The summed E-state index contributed by atoms with van der Waals surface area (Å²) >= 11 is 0. The molecule has 0 spiro atoms. The Labute approximate surface area is 151 Å². The van der Waals surface area contributed by atoms with Crippen LogP contribution in [-0.4, -0.2) is 44.5 Å². The van der Waals surface area contributed by atoms with Gasteiger partial charge in [0, 0.05) is 20.6 Å². The van der Waals surface area contributed by atoms with Crippen LogP contribution in [0, 0.1) is 5.82 Å². The number of rotatable bonds is 7. The first-order chi connectivity index (χ1) is 12.5. The Morgan fingerprint density at radius 1 is 1.15 bits per heavy atom. The first kappa shape index (κ1) is 19.2. The lowest BCUT2D eigenvalue weighted by atomic mass is 10.2. The summed E-state index contributed by atoms with van der Waals surface area (Å²) in [6.07, 6.45) is 0. The molecule has 0 unspecified atom stereocenters. The predicted molar refractivity (Wildman–Crippen MR) is 94.8 cm³/mol. The average molecular weight is 360 g/mol. The van der Waals surface area contributed by atoms with Gasteiger partial charge in [-0.25, -0.2) is 4.39 Å². The number of carbonyl (C=O) groups is 2. The number of amides is 2. The standard InChI is InChI=1S/C19H21FN2O4/c1-21-19(24)14-6-4-5-7-16(14)26-12-18(23)22(2)11-13-8-9-17(25-3)15(20)10-13/h4-10H,11-12H2,1-3H3,(H,21,24). The van der Waals surface area contributed by atoms with E-state index in [0.29, 0.717) is 16.9 Å². The minimum atomic E-state index is -0.485. The summed E-state index contributed by atoms with van der Waals surface area (Å²) in [7, 11) is 4.51. The Kier molecular flexibility index (Phi) is 6.54. The lowest BCUT2D eigenvalue weighted by Gasteiger charge is -2.18. The molecule has 0 aliphatic rings. The maximum Gasteiger partial charge on any atom is 0.260 e. The summed E-state index contributed by atoms with van der Waals surface area (Å²) in [5.41, 5.74) is 0.979. The van der Waals surface area contributed by atoms with Gasteiger partial charge < -0.3 is 19.7 Å². The third-order valence-corrected chi connectivity index (χ3v) is 3.77. The van der Waals surface area contributed by atoms with Gasteiger partial charge in [0.05, 0.1) is 12.7 Å². The molecule has 2 rings (SSSR count). The van der Waals surface area contributed by atoms with Crippen LogP contribution in [0.5, 0.6) is 11.5 Å². The van der Waals surface area contributed by atoms with E-state index >= 15 is 0 Å². The van der Waals surface area contributed by atoms with Crippen molar-refractivity contribution in [2.75, 3.05) is 27.8 Å². The van der Waals surface area contributed by atoms with E-state index in [2.05, 4.69) is 5.32 Å². The number of hydrogen-bond donors (Lipinski definition) is 1. The number of likely N-dealkylation sites (N-methyl/N-ethyl adjacent to an activating group) is 1. The van der Waals surface area contributed by atoms with Crippen LogP contribution in [0.2, 0.25) is 0 Å².